The number of hydrogen-bond acceptors (Lipinski definition) is 3. The second-order valence-electron chi connectivity index (χ2n) is 5.94. The molecule has 0 aliphatic carbocycles. The Bertz CT molecular complexity index is 878. The molecule has 0 saturated heterocycles. The number of rotatable bonds is 6. The lowest BCUT2D eigenvalue weighted by Crippen LogP contribution is -2.31. The minimum absolute atomic E-state index is 0.0477. The van der Waals surface area contributed by atoms with Crippen molar-refractivity contribution in [1.82, 2.24) is 9.47 Å². The fraction of sp³-hybridized carbons (Fsp3) is 0.263. The highest BCUT2D eigenvalue weighted by Gasteiger charge is 2.12. The molecule has 0 spiro atoms. The monoisotopic (exact) mass is 340 g/mol. The lowest BCUT2D eigenvalue weighted by molar-refractivity contribution is -0.129. The highest BCUT2D eigenvalue weighted by atomic mass is 32.1. The van der Waals surface area contributed by atoms with Crippen LogP contribution >= 0.6 is 11.3 Å². The number of benzene rings is 1. The van der Waals surface area contributed by atoms with E-state index in [1.54, 1.807) is 11.8 Å². The van der Waals surface area contributed by atoms with Crippen molar-refractivity contribution in [3.8, 4) is 0 Å². The second-order valence-corrected chi connectivity index (χ2v) is 6.85. The summed E-state index contributed by atoms with van der Waals surface area (Å²) in [5.74, 6) is 0.117. The molecular weight excluding hydrogens is 320 g/mol. The molecular formula is C19H20N2O2S. The van der Waals surface area contributed by atoms with Crippen LogP contribution in [-0.2, 0) is 17.8 Å². The lowest BCUT2D eigenvalue weighted by Gasteiger charge is -2.17. The third kappa shape index (κ3) is 3.57. The average molecular weight is 340 g/mol. The number of aromatic nitrogens is 1. The van der Waals surface area contributed by atoms with Crippen LogP contribution in [0.4, 0.5) is 0 Å². The number of amides is 1. The Morgan fingerprint density at radius 2 is 2.00 bits per heavy atom. The minimum Gasteiger partial charge on any atom is -0.346 e. The molecule has 2 heterocycles. The number of hydrogen-bond donors (Lipinski definition) is 0. The highest BCUT2D eigenvalue weighted by Crippen LogP contribution is 2.17. The minimum atomic E-state index is 0.0477. The van der Waals surface area contributed by atoms with Gasteiger partial charge in [-0.15, -0.1) is 11.3 Å². The van der Waals surface area contributed by atoms with Gasteiger partial charge in [-0.2, -0.15) is 0 Å². The summed E-state index contributed by atoms with van der Waals surface area (Å²) in [5, 5.41) is 3.10. The predicted octanol–water partition coefficient (Wildman–Crippen LogP) is 3.61. The molecule has 1 aromatic carbocycles. The van der Waals surface area contributed by atoms with Gasteiger partial charge in [0.15, 0.2) is 5.78 Å². The molecule has 0 saturated carbocycles. The van der Waals surface area contributed by atoms with Gasteiger partial charge in [0.05, 0.1) is 11.3 Å². The molecule has 4 nitrogen and oxygen atoms in total. The smallest absolute Gasteiger partial charge is 0.226 e. The molecule has 0 atom stereocenters. The van der Waals surface area contributed by atoms with Crippen molar-refractivity contribution < 1.29 is 9.59 Å². The maximum atomic E-state index is 12.4. The Balaban J connectivity index is 1.58. The van der Waals surface area contributed by atoms with Crippen LogP contribution in [0.2, 0.25) is 0 Å². The van der Waals surface area contributed by atoms with Crippen LogP contribution in [0.5, 0.6) is 0 Å². The van der Waals surface area contributed by atoms with Gasteiger partial charge in [-0.1, -0.05) is 18.2 Å². The molecule has 1 amide bonds. The van der Waals surface area contributed by atoms with E-state index < -0.39 is 0 Å². The molecule has 0 aliphatic heterocycles. The molecule has 3 aromatic rings. The summed E-state index contributed by atoms with van der Waals surface area (Å²) in [5.41, 5.74) is 2.09. The Morgan fingerprint density at radius 1 is 1.21 bits per heavy atom. The molecule has 0 aliphatic rings. The molecule has 24 heavy (non-hydrogen) atoms. The van der Waals surface area contributed by atoms with E-state index in [0.29, 0.717) is 17.8 Å². The van der Waals surface area contributed by atoms with Gasteiger partial charge in [-0.3, -0.25) is 9.59 Å². The van der Waals surface area contributed by atoms with Crippen LogP contribution in [0.1, 0.15) is 22.2 Å². The maximum Gasteiger partial charge on any atom is 0.226 e. The molecule has 0 fully saturated rings. The van der Waals surface area contributed by atoms with Crippen LogP contribution in [-0.4, -0.2) is 34.7 Å². The van der Waals surface area contributed by atoms with Crippen molar-refractivity contribution in [3.05, 3.63) is 58.4 Å². The van der Waals surface area contributed by atoms with E-state index in [2.05, 4.69) is 29.0 Å². The molecule has 0 radical (unpaired) electrons. The zero-order valence-electron chi connectivity index (χ0n) is 13.9. The van der Waals surface area contributed by atoms with Gasteiger partial charge in [-0.25, -0.2) is 0 Å². The summed E-state index contributed by atoms with van der Waals surface area (Å²) in [7, 11) is 1.83. The molecule has 0 bridgehead atoms. The topological polar surface area (TPSA) is 42.3 Å². The van der Waals surface area contributed by atoms with Gasteiger partial charge in [0.1, 0.15) is 0 Å². The number of ketones is 1. The zero-order valence-corrected chi connectivity index (χ0v) is 14.7. The van der Waals surface area contributed by atoms with Gasteiger partial charge in [0, 0.05) is 31.9 Å². The fourth-order valence-corrected chi connectivity index (χ4v) is 3.50. The number of fused-ring (bicyclic) bond motifs is 1. The first-order valence-corrected chi connectivity index (χ1v) is 8.79. The summed E-state index contributed by atoms with van der Waals surface area (Å²) < 4.78 is 2.16. The lowest BCUT2D eigenvalue weighted by atomic mass is 10.2. The van der Waals surface area contributed by atoms with Crippen molar-refractivity contribution in [2.45, 2.75) is 19.9 Å². The van der Waals surface area contributed by atoms with E-state index in [-0.39, 0.29) is 11.7 Å². The third-order valence-corrected chi connectivity index (χ3v) is 5.22. The van der Waals surface area contributed by atoms with Crippen LogP contribution < -0.4 is 0 Å². The number of likely N-dealkylation sites (N-methyl/N-ethyl adjacent to an activating group) is 1. The number of para-hydroxylation sites is 1. The zero-order chi connectivity index (χ0) is 17.1. The first-order valence-electron chi connectivity index (χ1n) is 7.91. The van der Waals surface area contributed by atoms with E-state index in [1.807, 2.05) is 30.6 Å². The Morgan fingerprint density at radius 3 is 2.75 bits per heavy atom. The van der Waals surface area contributed by atoms with Crippen LogP contribution in [0.25, 0.3) is 10.9 Å². The number of carbonyl (C=O) groups excluding carboxylic acids is 2. The Kier molecular flexibility index (Phi) is 4.81. The highest BCUT2D eigenvalue weighted by molar-refractivity contribution is 7.12. The maximum absolute atomic E-state index is 12.4. The molecule has 2 aromatic heterocycles. The number of thiophene rings is 1. The quantitative estimate of drug-likeness (QED) is 0.643. The summed E-state index contributed by atoms with van der Waals surface area (Å²) >= 11 is 1.40. The van der Waals surface area contributed by atoms with Crippen LogP contribution in [0.3, 0.4) is 0 Å². The first kappa shape index (κ1) is 16.5. The van der Waals surface area contributed by atoms with E-state index in [0.717, 1.165) is 12.1 Å². The normalized spacial score (nSPS) is 10.9. The number of carbonyl (C=O) groups is 2. The van der Waals surface area contributed by atoms with Crippen LogP contribution in [0.15, 0.2) is 48.0 Å². The largest absolute Gasteiger partial charge is 0.346 e. The molecule has 0 N–H and O–H groups in total. The molecule has 0 unspecified atom stereocenters. The molecule has 124 valence electrons. The van der Waals surface area contributed by atoms with Crippen molar-refractivity contribution in [3.63, 3.8) is 0 Å². The summed E-state index contributed by atoms with van der Waals surface area (Å²) in [6.07, 6.45) is 2.40. The summed E-state index contributed by atoms with van der Waals surface area (Å²) in [6, 6.07) is 12.1. The van der Waals surface area contributed by atoms with Gasteiger partial charge in [0.25, 0.3) is 0 Å². The molecule has 3 rings (SSSR count). The SMILES string of the molecule is CC(=O)c1cc(CC(=O)N(C)CCn2ccc3ccccc32)cs1. The third-order valence-electron chi connectivity index (χ3n) is 4.14. The molecule has 5 heteroatoms. The Labute approximate surface area is 145 Å². The van der Waals surface area contributed by atoms with Gasteiger partial charge in [0.2, 0.25) is 5.91 Å². The number of nitrogens with zero attached hydrogens (tertiary/aromatic N) is 2. The van der Waals surface area contributed by atoms with Gasteiger partial charge < -0.3 is 9.47 Å². The average Bonchev–Trinajstić information content (AvgIpc) is 3.19. The standard InChI is InChI=1S/C19H20N2O2S/c1-14(22)18-11-15(13-24-18)12-19(23)20(2)9-10-21-8-7-16-5-3-4-6-17(16)21/h3-8,11,13H,9-10,12H2,1-2H3. The van der Waals surface area contributed by atoms with E-state index in [9.17, 15) is 9.59 Å². The van der Waals surface area contributed by atoms with E-state index in [1.165, 1.54) is 22.2 Å². The summed E-state index contributed by atoms with van der Waals surface area (Å²) in [6.45, 7) is 2.96. The second kappa shape index (κ2) is 7.01. The van der Waals surface area contributed by atoms with Crippen LogP contribution in [0, 0.1) is 0 Å². The fourth-order valence-electron chi connectivity index (χ4n) is 2.68. The Hall–Kier alpha value is -2.40. The summed E-state index contributed by atoms with van der Waals surface area (Å²) in [4.78, 5) is 26.1. The van der Waals surface area contributed by atoms with E-state index in [4.69, 9.17) is 0 Å². The van der Waals surface area contributed by atoms with Crippen molar-refractivity contribution in [2.75, 3.05) is 13.6 Å². The van der Waals surface area contributed by atoms with Gasteiger partial charge in [-0.05, 0) is 41.5 Å². The van der Waals surface area contributed by atoms with Crippen molar-refractivity contribution in [1.29, 1.82) is 0 Å². The first-order chi connectivity index (χ1) is 11.5. The van der Waals surface area contributed by atoms with Crippen molar-refractivity contribution in [2.24, 2.45) is 0 Å². The van der Waals surface area contributed by atoms with E-state index >= 15 is 0 Å². The number of Topliss-reactive ketones (excluding diaryl/α,β-unsaturated/α-hetero) is 1. The van der Waals surface area contributed by atoms with Crippen molar-refractivity contribution >= 4 is 33.9 Å². The predicted molar refractivity (Wildman–Crippen MR) is 97.6 cm³/mol. The van der Waals surface area contributed by atoms with Gasteiger partial charge >= 0.3 is 0 Å².